The first-order valence-corrected chi connectivity index (χ1v) is 8.74. The maximum atomic E-state index is 12.1. The van der Waals surface area contributed by atoms with E-state index in [-0.39, 0.29) is 11.1 Å². The monoisotopic (exact) mass is 332 g/mol. The summed E-state index contributed by atoms with van der Waals surface area (Å²) in [6.07, 6.45) is 2.04. The zero-order chi connectivity index (χ0) is 17.1. The summed E-state index contributed by atoms with van der Waals surface area (Å²) in [7, 11) is 0. The fourth-order valence-electron chi connectivity index (χ4n) is 2.75. The van der Waals surface area contributed by atoms with Crippen molar-refractivity contribution in [3.8, 4) is 28.3 Å². The predicted octanol–water partition coefficient (Wildman–Crippen LogP) is 4.61. The van der Waals surface area contributed by atoms with Crippen LogP contribution >= 0.6 is 11.8 Å². The Labute approximate surface area is 145 Å². The topological polar surface area (TPSA) is 56.6 Å². The lowest BCUT2D eigenvalue weighted by Gasteiger charge is -2.12. The van der Waals surface area contributed by atoms with Crippen LogP contribution in [0.15, 0.2) is 64.3 Å². The van der Waals surface area contributed by atoms with Gasteiger partial charge in [-0.05, 0) is 48.1 Å². The molecule has 0 spiro atoms. The van der Waals surface area contributed by atoms with Gasteiger partial charge in [-0.15, -0.1) is 11.8 Å². The number of aromatic nitrogens is 1. The molecule has 0 aliphatic carbocycles. The quantitative estimate of drug-likeness (QED) is 0.713. The van der Waals surface area contributed by atoms with Gasteiger partial charge in [0.1, 0.15) is 11.6 Å². The minimum atomic E-state index is -0.347. The van der Waals surface area contributed by atoms with E-state index in [0.717, 1.165) is 22.4 Å². The predicted molar refractivity (Wildman–Crippen MR) is 99.2 cm³/mol. The highest BCUT2D eigenvalue weighted by molar-refractivity contribution is 7.98. The lowest BCUT2D eigenvalue weighted by Crippen LogP contribution is -2.12. The Morgan fingerprint density at radius 1 is 1.00 bits per heavy atom. The summed E-state index contributed by atoms with van der Waals surface area (Å²) in [6, 6.07) is 20.0. The Hall–Kier alpha value is -2.77. The summed E-state index contributed by atoms with van der Waals surface area (Å²) in [6.45, 7) is 1.82. The molecule has 2 aromatic carbocycles. The normalized spacial score (nSPS) is 10.4. The SMILES string of the molecule is CSc1ccc(-c2ccccc2-c2cc(C)[nH]c(=O)c2C#N)cc1. The van der Waals surface area contributed by atoms with E-state index in [0.29, 0.717) is 5.56 Å². The van der Waals surface area contributed by atoms with Crippen molar-refractivity contribution in [2.75, 3.05) is 6.26 Å². The molecular formula is C20H16N2OS. The summed E-state index contributed by atoms with van der Waals surface area (Å²) in [5.74, 6) is 0. The third kappa shape index (κ3) is 2.99. The number of hydrogen-bond acceptors (Lipinski definition) is 3. The number of nitrogens with zero attached hydrogens (tertiary/aromatic N) is 1. The number of benzene rings is 2. The Bertz CT molecular complexity index is 982. The molecule has 1 aromatic heterocycles. The van der Waals surface area contributed by atoms with Crippen LogP contribution in [0.2, 0.25) is 0 Å². The molecule has 3 aromatic rings. The molecule has 1 heterocycles. The maximum Gasteiger partial charge on any atom is 0.266 e. The van der Waals surface area contributed by atoms with E-state index in [1.807, 2.05) is 49.6 Å². The smallest absolute Gasteiger partial charge is 0.266 e. The second kappa shape index (κ2) is 6.77. The van der Waals surface area contributed by atoms with Gasteiger partial charge in [0.05, 0.1) is 0 Å². The van der Waals surface area contributed by atoms with Gasteiger partial charge in [0.15, 0.2) is 0 Å². The number of aryl methyl sites for hydroxylation is 1. The van der Waals surface area contributed by atoms with Crippen LogP contribution in [-0.4, -0.2) is 11.2 Å². The number of nitrogens with one attached hydrogen (secondary N) is 1. The second-order valence-corrected chi connectivity index (χ2v) is 6.34. The molecule has 1 N–H and O–H groups in total. The molecule has 118 valence electrons. The molecule has 0 unspecified atom stereocenters. The molecule has 0 atom stereocenters. The molecule has 0 fully saturated rings. The average molecular weight is 332 g/mol. The Kier molecular flexibility index (Phi) is 4.54. The van der Waals surface area contributed by atoms with Gasteiger partial charge in [-0.1, -0.05) is 36.4 Å². The van der Waals surface area contributed by atoms with Gasteiger partial charge in [-0.3, -0.25) is 4.79 Å². The van der Waals surface area contributed by atoms with Crippen molar-refractivity contribution in [1.29, 1.82) is 5.26 Å². The summed E-state index contributed by atoms with van der Waals surface area (Å²) in [5.41, 5.74) is 4.16. The Morgan fingerprint density at radius 3 is 2.29 bits per heavy atom. The summed E-state index contributed by atoms with van der Waals surface area (Å²) in [5, 5.41) is 9.41. The molecular weight excluding hydrogens is 316 g/mol. The number of thioether (sulfide) groups is 1. The highest BCUT2D eigenvalue weighted by Gasteiger charge is 2.14. The van der Waals surface area contributed by atoms with E-state index in [1.54, 1.807) is 11.8 Å². The minimum absolute atomic E-state index is 0.147. The number of hydrogen-bond donors (Lipinski definition) is 1. The maximum absolute atomic E-state index is 12.1. The zero-order valence-corrected chi connectivity index (χ0v) is 14.3. The number of pyridine rings is 1. The van der Waals surface area contributed by atoms with Crippen molar-refractivity contribution in [3.63, 3.8) is 0 Å². The molecule has 4 heteroatoms. The van der Waals surface area contributed by atoms with E-state index in [1.165, 1.54) is 4.90 Å². The summed E-state index contributed by atoms with van der Waals surface area (Å²) >= 11 is 1.69. The summed E-state index contributed by atoms with van der Waals surface area (Å²) < 4.78 is 0. The first kappa shape index (κ1) is 16.1. The van der Waals surface area contributed by atoms with Crippen molar-refractivity contribution in [2.24, 2.45) is 0 Å². The third-order valence-corrected chi connectivity index (χ3v) is 4.64. The van der Waals surface area contributed by atoms with Crippen LogP contribution in [0.4, 0.5) is 0 Å². The lowest BCUT2D eigenvalue weighted by atomic mass is 9.92. The number of nitriles is 1. The molecule has 0 radical (unpaired) electrons. The van der Waals surface area contributed by atoms with Crippen LogP contribution in [0, 0.1) is 18.3 Å². The van der Waals surface area contributed by atoms with Gasteiger partial charge in [-0.2, -0.15) is 5.26 Å². The molecule has 3 nitrogen and oxygen atoms in total. The van der Waals surface area contributed by atoms with Crippen LogP contribution in [0.5, 0.6) is 0 Å². The van der Waals surface area contributed by atoms with Gasteiger partial charge in [-0.25, -0.2) is 0 Å². The fourth-order valence-corrected chi connectivity index (χ4v) is 3.16. The largest absolute Gasteiger partial charge is 0.325 e. The van der Waals surface area contributed by atoms with Crippen LogP contribution in [0.25, 0.3) is 22.3 Å². The minimum Gasteiger partial charge on any atom is -0.325 e. The highest BCUT2D eigenvalue weighted by atomic mass is 32.2. The Balaban J connectivity index is 2.24. The molecule has 24 heavy (non-hydrogen) atoms. The molecule has 0 saturated carbocycles. The van der Waals surface area contributed by atoms with Crippen LogP contribution in [0.1, 0.15) is 11.3 Å². The lowest BCUT2D eigenvalue weighted by molar-refractivity contribution is 1.13. The van der Waals surface area contributed by atoms with Gasteiger partial charge in [0, 0.05) is 16.2 Å². The van der Waals surface area contributed by atoms with Crippen molar-refractivity contribution in [3.05, 3.63) is 76.2 Å². The van der Waals surface area contributed by atoms with E-state index < -0.39 is 0 Å². The fraction of sp³-hybridized carbons (Fsp3) is 0.100. The standard InChI is InChI=1S/C20H16N2OS/c1-13-11-18(19(12-21)20(23)22-13)17-6-4-3-5-16(17)14-7-9-15(24-2)10-8-14/h3-11H,1-2H3,(H,22,23). The van der Waals surface area contributed by atoms with Gasteiger partial charge >= 0.3 is 0 Å². The van der Waals surface area contributed by atoms with Crippen LogP contribution in [-0.2, 0) is 0 Å². The molecule has 0 bridgehead atoms. The molecule has 0 amide bonds. The number of rotatable bonds is 3. The molecule has 3 rings (SSSR count). The Morgan fingerprint density at radius 2 is 1.67 bits per heavy atom. The van der Waals surface area contributed by atoms with Crippen LogP contribution < -0.4 is 5.56 Å². The first-order valence-electron chi connectivity index (χ1n) is 7.52. The molecule has 0 aliphatic rings. The van der Waals surface area contributed by atoms with E-state index in [2.05, 4.69) is 29.2 Å². The highest BCUT2D eigenvalue weighted by Crippen LogP contribution is 2.33. The van der Waals surface area contributed by atoms with E-state index in [9.17, 15) is 10.1 Å². The third-order valence-electron chi connectivity index (χ3n) is 3.90. The number of H-pyrrole nitrogens is 1. The van der Waals surface area contributed by atoms with Crippen molar-refractivity contribution < 1.29 is 0 Å². The second-order valence-electron chi connectivity index (χ2n) is 5.46. The van der Waals surface area contributed by atoms with Gasteiger partial charge in [0.25, 0.3) is 5.56 Å². The first-order chi connectivity index (χ1) is 11.6. The van der Waals surface area contributed by atoms with Crippen molar-refractivity contribution in [1.82, 2.24) is 4.98 Å². The van der Waals surface area contributed by atoms with Gasteiger partial charge < -0.3 is 4.98 Å². The van der Waals surface area contributed by atoms with Gasteiger partial charge in [0.2, 0.25) is 0 Å². The average Bonchev–Trinajstić information content (AvgIpc) is 2.61. The van der Waals surface area contributed by atoms with E-state index in [4.69, 9.17) is 0 Å². The van der Waals surface area contributed by atoms with Crippen molar-refractivity contribution in [2.45, 2.75) is 11.8 Å². The van der Waals surface area contributed by atoms with E-state index >= 15 is 0 Å². The number of aromatic amines is 1. The van der Waals surface area contributed by atoms with Crippen LogP contribution in [0.3, 0.4) is 0 Å². The zero-order valence-electron chi connectivity index (χ0n) is 13.5. The van der Waals surface area contributed by atoms with Crippen molar-refractivity contribution >= 4 is 11.8 Å². The summed E-state index contributed by atoms with van der Waals surface area (Å²) in [4.78, 5) is 16.0. The molecule has 0 saturated heterocycles. The molecule has 0 aliphatic heterocycles.